The van der Waals surface area contributed by atoms with Crippen LogP contribution < -0.4 is 5.32 Å². The summed E-state index contributed by atoms with van der Waals surface area (Å²) in [5.74, 6) is -0.199. The lowest BCUT2D eigenvalue weighted by atomic mass is 10.1. The van der Waals surface area contributed by atoms with Crippen LogP contribution in [-0.2, 0) is 4.79 Å². The molecule has 0 unspecified atom stereocenters. The number of hydrogen-bond donors (Lipinski definition) is 1. The largest absolute Gasteiger partial charge is 0.326 e. The van der Waals surface area contributed by atoms with E-state index in [9.17, 15) is 9.59 Å². The van der Waals surface area contributed by atoms with Gasteiger partial charge in [-0.3, -0.25) is 14.0 Å². The molecule has 4 aromatic rings. The Morgan fingerprint density at radius 1 is 1.10 bits per heavy atom. The predicted octanol–water partition coefficient (Wildman–Crippen LogP) is 4.37. The normalized spacial score (nSPS) is 16.4. The molecule has 8 heteroatoms. The van der Waals surface area contributed by atoms with Crippen molar-refractivity contribution in [2.75, 3.05) is 11.9 Å². The number of anilines is 1. The Morgan fingerprint density at radius 3 is 2.72 bits per heavy atom. The Balaban J connectivity index is 1.29. The minimum Gasteiger partial charge on any atom is -0.326 e. The van der Waals surface area contributed by atoms with Crippen LogP contribution in [0.2, 0.25) is 0 Å². The summed E-state index contributed by atoms with van der Waals surface area (Å²) in [7, 11) is 0. The van der Waals surface area contributed by atoms with Gasteiger partial charge in [-0.25, -0.2) is 4.98 Å². The molecular formula is C21H18N4O2S2. The number of fused-ring (bicyclic) bond motifs is 1. The summed E-state index contributed by atoms with van der Waals surface area (Å²) < 4.78 is 2.00. The first-order chi connectivity index (χ1) is 14.2. The van der Waals surface area contributed by atoms with Crippen LogP contribution in [0.15, 0.2) is 59.6 Å². The second-order valence-electron chi connectivity index (χ2n) is 6.92. The fraction of sp³-hybridized carbons (Fsp3) is 0.190. The van der Waals surface area contributed by atoms with Crippen molar-refractivity contribution in [1.29, 1.82) is 0 Å². The number of amides is 2. The van der Waals surface area contributed by atoms with E-state index in [4.69, 9.17) is 0 Å². The number of thiophene rings is 1. The lowest BCUT2D eigenvalue weighted by Crippen LogP contribution is -2.42. The quantitative estimate of drug-likeness (QED) is 0.531. The molecule has 146 valence electrons. The lowest BCUT2D eigenvalue weighted by molar-refractivity contribution is -0.119. The number of imidazole rings is 1. The second-order valence-corrected chi connectivity index (χ2v) is 8.74. The molecule has 0 saturated carbocycles. The Kier molecular flexibility index (Phi) is 4.65. The van der Waals surface area contributed by atoms with E-state index in [-0.39, 0.29) is 11.8 Å². The van der Waals surface area contributed by atoms with E-state index in [0.29, 0.717) is 17.8 Å². The van der Waals surface area contributed by atoms with Crippen molar-refractivity contribution in [2.24, 2.45) is 0 Å². The molecule has 29 heavy (non-hydrogen) atoms. The number of thiazole rings is 1. The smallest absolute Gasteiger partial charge is 0.264 e. The molecule has 1 saturated heterocycles. The van der Waals surface area contributed by atoms with Crippen LogP contribution in [0.5, 0.6) is 0 Å². The van der Waals surface area contributed by atoms with Crippen molar-refractivity contribution in [1.82, 2.24) is 14.3 Å². The number of hydrogen-bond acceptors (Lipinski definition) is 5. The number of benzene rings is 1. The van der Waals surface area contributed by atoms with Gasteiger partial charge in [0.05, 0.1) is 10.6 Å². The molecule has 2 amide bonds. The second kappa shape index (κ2) is 7.46. The summed E-state index contributed by atoms with van der Waals surface area (Å²) in [6, 6.07) is 10.9. The Morgan fingerprint density at radius 2 is 1.97 bits per heavy atom. The third kappa shape index (κ3) is 3.45. The molecular weight excluding hydrogens is 404 g/mol. The van der Waals surface area contributed by atoms with Crippen LogP contribution in [0.4, 0.5) is 5.69 Å². The molecule has 1 aliphatic rings. The van der Waals surface area contributed by atoms with Crippen molar-refractivity contribution in [3.05, 3.63) is 64.4 Å². The molecule has 1 atom stereocenters. The van der Waals surface area contributed by atoms with E-state index < -0.39 is 6.04 Å². The Labute approximate surface area is 175 Å². The van der Waals surface area contributed by atoms with Crippen molar-refractivity contribution in [3.8, 4) is 11.3 Å². The highest BCUT2D eigenvalue weighted by Crippen LogP contribution is 2.25. The van der Waals surface area contributed by atoms with Gasteiger partial charge in [-0.15, -0.1) is 22.7 Å². The van der Waals surface area contributed by atoms with Gasteiger partial charge in [-0.1, -0.05) is 18.2 Å². The summed E-state index contributed by atoms with van der Waals surface area (Å²) >= 11 is 3.00. The molecule has 0 spiro atoms. The molecule has 1 aromatic carbocycles. The average Bonchev–Trinajstić information content (AvgIpc) is 3.52. The fourth-order valence-electron chi connectivity index (χ4n) is 3.64. The minimum atomic E-state index is -0.427. The van der Waals surface area contributed by atoms with Crippen molar-refractivity contribution >= 4 is 45.1 Å². The van der Waals surface area contributed by atoms with Crippen LogP contribution in [0.25, 0.3) is 16.2 Å². The summed E-state index contributed by atoms with van der Waals surface area (Å²) in [6.45, 7) is 0.616. The van der Waals surface area contributed by atoms with Gasteiger partial charge in [0.25, 0.3) is 5.91 Å². The molecule has 0 bridgehead atoms. The van der Waals surface area contributed by atoms with Gasteiger partial charge in [0.1, 0.15) is 6.04 Å². The lowest BCUT2D eigenvalue weighted by Gasteiger charge is -2.23. The number of carbonyl (C=O) groups is 2. The fourth-order valence-corrected chi connectivity index (χ4v) is 5.02. The highest BCUT2D eigenvalue weighted by Gasteiger charge is 2.34. The van der Waals surface area contributed by atoms with Crippen LogP contribution in [0.1, 0.15) is 22.5 Å². The van der Waals surface area contributed by atoms with E-state index in [2.05, 4.69) is 10.3 Å². The zero-order chi connectivity index (χ0) is 19.8. The molecule has 0 aliphatic carbocycles. The summed E-state index contributed by atoms with van der Waals surface area (Å²) in [6.07, 6.45) is 5.50. The molecule has 5 rings (SSSR count). The maximum Gasteiger partial charge on any atom is 0.264 e. The first-order valence-corrected chi connectivity index (χ1v) is 11.1. The molecule has 3 aromatic heterocycles. The van der Waals surface area contributed by atoms with E-state index >= 15 is 0 Å². The zero-order valence-corrected chi connectivity index (χ0v) is 17.1. The number of aromatic nitrogens is 2. The molecule has 1 N–H and O–H groups in total. The van der Waals surface area contributed by atoms with Gasteiger partial charge >= 0.3 is 0 Å². The van der Waals surface area contributed by atoms with Crippen LogP contribution in [0.3, 0.4) is 0 Å². The number of nitrogens with one attached hydrogen (secondary N) is 1. The van der Waals surface area contributed by atoms with Crippen molar-refractivity contribution in [2.45, 2.75) is 18.9 Å². The maximum absolute atomic E-state index is 12.8. The number of likely N-dealkylation sites (tertiary alicyclic amines) is 1. The van der Waals surface area contributed by atoms with Crippen LogP contribution in [-0.4, -0.2) is 38.7 Å². The van der Waals surface area contributed by atoms with E-state index in [1.165, 1.54) is 11.3 Å². The summed E-state index contributed by atoms with van der Waals surface area (Å²) in [4.78, 5) is 33.4. The Bertz CT molecular complexity index is 1130. The SMILES string of the molecule is O=C(Nc1ccc(-c2cn3ccsc3n2)cc1)[C@@H]1CCCN1C(=O)c1cccs1. The number of rotatable bonds is 4. The molecule has 0 radical (unpaired) electrons. The minimum absolute atomic E-state index is 0.0623. The first kappa shape index (κ1) is 18.1. The summed E-state index contributed by atoms with van der Waals surface area (Å²) in [5.41, 5.74) is 2.61. The number of carbonyl (C=O) groups excluding carboxylic acids is 2. The van der Waals surface area contributed by atoms with Gasteiger partial charge in [-0.05, 0) is 36.4 Å². The maximum atomic E-state index is 12.8. The monoisotopic (exact) mass is 422 g/mol. The van der Waals surface area contributed by atoms with Gasteiger partial charge in [0.2, 0.25) is 5.91 Å². The summed E-state index contributed by atoms with van der Waals surface area (Å²) in [5, 5.41) is 6.84. The highest BCUT2D eigenvalue weighted by molar-refractivity contribution is 7.15. The first-order valence-electron chi connectivity index (χ1n) is 9.37. The van der Waals surface area contributed by atoms with Gasteiger partial charge in [0.15, 0.2) is 4.96 Å². The van der Waals surface area contributed by atoms with Crippen molar-refractivity contribution in [3.63, 3.8) is 0 Å². The highest BCUT2D eigenvalue weighted by atomic mass is 32.1. The van der Waals surface area contributed by atoms with Gasteiger partial charge in [0, 0.05) is 35.6 Å². The standard InChI is InChI=1S/C21H18N4O2S2/c26-19(17-3-1-9-25(17)20(27)18-4-2-11-28-18)22-15-7-5-14(6-8-15)16-13-24-10-12-29-21(24)23-16/h2,4-8,10-13,17H,1,3,9H2,(H,22,26)/t17-/m0/s1. The van der Waals surface area contributed by atoms with Gasteiger partial charge in [-0.2, -0.15) is 0 Å². The van der Waals surface area contributed by atoms with E-state index in [0.717, 1.165) is 28.3 Å². The Hall–Kier alpha value is -2.97. The molecule has 1 aliphatic heterocycles. The molecule has 4 heterocycles. The predicted molar refractivity (Wildman–Crippen MR) is 116 cm³/mol. The number of nitrogens with zero attached hydrogens (tertiary/aromatic N) is 3. The third-order valence-electron chi connectivity index (χ3n) is 5.09. The molecule has 1 fully saturated rings. The van der Waals surface area contributed by atoms with Crippen LogP contribution in [0, 0.1) is 0 Å². The average molecular weight is 423 g/mol. The van der Waals surface area contributed by atoms with Gasteiger partial charge < -0.3 is 10.2 Å². The third-order valence-corrected chi connectivity index (χ3v) is 6.72. The van der Waals surface area contributed by atoms with Crippen LogP contribution >= 0.6 is 22.7 Å². The topological polar surface area (TPSA) is 66.7 Å². The van der Waals surface area contributed by atoms with E-state index in [1.807, 2.05) is 57.9 Å². The van der Waals surface area contributed by atoms with E-state index in [1.54, 1.807) is 22.3 Å². The van der Waals surface area contributed by atoms with Crippen molar-refractivity contribution < 1.29 is 9.59 Å². The molecule has 6 nitrogen and oxygen atoms in total. The zero-order valence-electron chi connectivity index (χ0n) is 15.4.